The molecule has 0 bridgehead atoms. The quantitative estimate of drug-likeness (QED) is 0.659. The summed E-state index contributed by atoms with van der Waals surface area (Å²) in [5, 5.41) is 2.92. The first-order chi connectivity index (χ1) is 8.00. The average Bonchev–Trinajstić information content (AvgIpc) is 2.20. The molecular formula is C12H10BrClFNO. The number of carbonyl (C=O) groups excluding carboxylic acids is 1. The van der Waals surface area contributed by atoms with Gasteiger partial charge in [-0.25, -0.2) is 4.39 Å². The summed E-state index contributed by atoms with van der Waals surface area (Å²) >= 11 is 8.87. The van der Waals surface area contributed by atoms with Crippen LogP contribution in [0.2, 0.25) is 5.02 Å². The van der Waals surface area contributed by atoms with Crippen LogP contribution in [0.5, 0.6) is 0 Å². The number of nitrogens with one attached hydrogen (secondary N) is 1. The summed E-state index contributed by atoms with van der Waals surface area (Å²) in [6.07, 6.45) is 0.466. The van der Waals surface area contributed by atoms with Crippen LogP contribution in [0.25, 0.3) is 0 Å². The van der Waals surface area contributed by atoms with E-state index in [1.165, 1.54) is 13.0 Å². The number of hydrogen-bond donors (Lipinski definition) is 1. The maximum absolute atomic E-state index is 13.5. The van der Waals surface area contributed by atoms with Gasteiger partial charge < -0.3 is 5.32 Å². The molecule has 1 N–H and O–H groups in total. The normalized spacial score (nSPS) is 9.41. The Labute approximate surface area is 113 Å². The fourth-order valence-electron chi connectivity index (χ4n) is 1.11. The summed E-state index contributed by atoms with van der Waals surface area (Å²) in [6.45, 7) is 1.89. The fourth-order valence-corrected chi connectivity index (χ4v) is 1.99. The third-order valence-corrected chi connectivity index (χ3v) is 2.69. The van der Waals surface area contributed by atoms with E-state index in [9.17, 15) is 9.18 Å². The largest absolute Gasteiger partial charge is 0.355 e. The van der Waals surface area contributed by atoms with Gasteiger partial charge in [0, 0.05) is 29.4 Å². The Morgan fingerprint density at radius 2 is 2.29 bits per heavy atom. The number of benzene rings is 1. The molecule has 0 unspecified atom stereocenters. The van der Waals surface area contributed by atoms with Crippen LogP contribution >= 0.6 is 27.5 Å². The van der Waals surface area contributed by atoms with Crippen molar-refractivity contribution in [3.05, 3.63) is 33.0 Å². The Bertz CT molecular complexity index is 470. The van der Waals surface area contributed by atoms with Gasteiger partial charge in [0.25, 0.3) is 0 Å². The van der Waals surface area contributed by atoms with Crippen molar-refractivity contribution in [2.75, 3.05) is 6.54 Å². The molecule has 1 amide bonds. The zero-order valence-electron chi connectivity index (χ0n) is 9.11. The van der Waals surface area contributed by atoms with E-state index < -0.39 is 5.82 Å². The van der Waals surface area contributed by atoms with Crippen LogP contribution in [0.15, 0.2) is 16.6 Å². The summed E-state index contributed by atoms with van der Waals surface area (Å²) < 4.78 is 14.0. The van der Waals surface area contributed by atoms with Crippen molar-refractivity contribution in [1.82, 2.24) is 5.32 Å². The molecule has 0 atom stereocenters. The molecule has 0 radical (unpaired) electrons. The molecular weight excluding hydrogens is 308 g/mol. The lowest BCUT2D eigenvalue weighted by Gasteiger charge is -1.99. The third-order valence-electron chi connectivity index (χ3n) is 1.84. The van der Waals surface area contributed by atoms with Crippen LogP contribution in [0.1, 0.15) is 18.9 Å². The molecule has 0 saturated heterocycles. The monoisotopic (exact) mass is 317 g/mol. The van der Waals surface area contributed by atoms with E-state index in [4.69, 9.17) is 11.6 Å². The Morgan fingerprint density at radius 3 is 2.88 bits per heavy atom. The van der Waals surface area contributed by atoms with E-state index in [1.54, 1.807) is 6.07 Å². The van der Waals surface area contributed by atoms with Gasteiger partial charge in [-0.1, -0.05) is 23.4 Å². The molecule has 0 saturated carbocycles. The average molecular weight is 319 g/mol. The first-order valence-electron chi connectivity index (χ1n) is 4.88. The molecule has 0 heterocycles. The van der Waals surface area contributed by atoms with Crippen molar-refractivity contribution in [3.63, 3.8) is 0 Å². The molecule has 0 aliphatic heterocycles. The topological polar surface area (TPSA) is 29.1 Å². The van der Waals surface area contributed by atoms with Gasteiger partial charge in [0.2, 0.25) is 5.91 Å². The molecule has 0 aliphatic carbocycles. The van der Waals surface area contributed by atoms with Crippen LogP contribution in [-0.2, 0) is 4.79 Å². The van der Waals surface area contributed by atoms with Crippen molar-refractivity contribution in [3.8, 4) is 11.8 Å². The van der Waals surface area contributed by atoms with Gasteiger partial charge in [0.05, 0.1) is 5.56 Å². The van der Waals surface area contributed by atoms with Gasteiger partial charge in [-0.3, -0.25) is 4.79 Å². The maximum atomic E-state index is 13.5. The van der Waals surface area contributed by atoms with Crippen LogP contribution in [0.3, 0.4) is 0 Å². The van der Waals surface area contributed by atoms with E-state index in [2.05, 4.69) is 33.1 Å². The van der Waals surface area contributed by atoms with Crippen molar-refractivity contribution >= 4 is 33.4 Å². The van der Waals surface area contributed by atoms with Gasteiger partial charge in [0.15, 0.2) is 0 Å². The SMILES string of the molecule is CC(=O)NCCC#Cc1c(F)cc(Cl)cc1Br. The summed E-state index contributed by atoms with van der Waals surface area (Å²) in [7, 11) is 0. The lowest BCUT2D eigenvalue weighted by atomic mass is 10.2. The second-order valence-electron chi connectivity index (χ2n) is 3.28. The summed E-state index contributed by atoms with van der Waals surface area (Å²) in [6, 6.07) is 2.80. The van der Waals surface area contributed by atoms with Crippen LogP contribution < -0.4 is 5.32 Å². The minimum Gasteiger partial charge on any atom is -0.355 e. The highest BCUT2D eigenvalue weighted by atomic mass is 79.9. The van der Waals surface area contributed by atoms with E-state index in [0.29, 0.717) is 22.5 Å². The fraction of sp³-hybridized carbons (Fsp3) is 0.250. The maximum Gasteiger partial charge on any atom is 0.216 e. The number of halogens is 3. The molecule has 0 aromatic heterocycles. The minimum absolute atomic E-state index is 0.106. The molecule has 1 aromatic rings. The Morgan fingerprint density at radius 1 is 1.59 bits per heavy atom. The second-order valence-corrected chi connectivity index (χ2v) is 4.57. The van der Waals surface area contributed by atoms with Gasteiger partial charge in [-0.2, -0.15) is 0 Å². The van der Waals surface area contributed by atoms with E-state index in [0.717, 1.165) is 0 Å². The van der Waals surface area contributed by atoms with Crippen molar-refractivity contribution in [1.29, 1.82) is 0 Å². The molecule has 0 fully saturated rings. The molecule has 5 heteroatoms. The van der Waals surface area contributed by atoms with Crippen molar-refractivity contribution in [2.45, 2.75) is 13.3 Å². The second kappa shape index (κ2) is 6.63. The number of rotatable bonds is 2. The van der Waals surface area contributed by atoms with Crippen molar-refractivity contribution < 1.29 is 9.18 Å². The first-order valence-corrected chi connectivity index (χ1v) is 6.05. The van der Waals surface area contributed by atoms with E-state index in [-0.39, 0.29) is 11.5 Å². The molecule has 1 aromatic carbocycles. The molecule has 2 nitrogen and oxygen atoms in total. The highest BCUT2D eigenvalue weighted by molar-refractivity contribution is 9.10. The molecule has 90 valence electrons. The van der Waals surface area contributed by atoms with Crippen LogP contribution in [0.4, 0.5) is 4.39 Å². The summed E-state index contributed by atoms with van der Waals surface area (Å²) in [5.41, 5.74) is 0.275. The lowest BCUT2D eigenvalue weighted by Crippen LogP contribution is -2.20. The first kappa shape index (κ1) is 14.0. The summed E-state index contributed by atoms with van der Waals surface area (Å²) in [5.74, 6) is 4.91. The number of carbonyl (C=O) groups is 1. The zero-order chi connectivity index (χ0) is 12.8. The smallest absolute Gasteiger partial charge is 0.216 e. The zero-order valence-corrected chi connectivity index (χ0v) is 11.5. The molecule has 0 aliphatic rings. The van der Waals surface area contributed by atoms with E-state index >= 15 is 0 Å². The number of hydrogen-bond acceptors (Lipinski definition) is 1. The predicted molar refractivity (Wildman–Crippen MR) is 69.3 cm³/mol. The van der Waals surface area contributed by atoms with Gasteiger partial charge >= 0.3 is 0 Å². The third kappa shape index (κ3) is 4.76. The highest BCUT2D eigenvalue weighted by Gasteiger charge is 2.05. The van der Waals surface area contributed by atoms with Gasteiger partial charge in [-0.05, 0) is 28.1 Å². The minimum atomic E-state index is -0.462. The highest BCUT2D eigenvalue weighted by Crippen LogP contribution is 2.23. The van der Waals surface area contributed by atoms with E-state index in [1.807, 2.05) is 0 Å². The lowest BCUT2D eigenvalue weighted by molar-refractivity contribution is -0.118. The summed E-state index contributed by atoms with van der Waals surface area (Å²) in [4.78, 5) is 10.6. The molecule has 17 heavy (non-hydrogen) atoms. The standard InChI is InChI=1S/C12H10BrClFNO/c1-8(17)16-5-3-2-4-10-11(13)6-9(14)7-12(10)15/h6-7H,3,5H2,1H3,(H,16,17). The molecule has 1 rings (SSSR count). The predicted octanol–water partition coefficient (Wildman–Crippen LogP) is 3.12. The Balaban J connectivity index is 2.69. The van der Waals surface area contributed by atoms with Crippen LogP contribution in [0, 0.1) is 17.7 Å². The Hall–Kier alpha value is -1.05. The molecule has 0 spiro atoms. The van der Waals surface area contributed by atoms with Gasteiger partial charge in [-0.15, -0.1) is 0 Å². The Kier molecular flexibility index (Phi) is 5.46. The van der Waals surface area contributed by atoms with Crippen LogP contribution in [-0.4, -0.2) is 12.5 Å². The number of amides is 1. The van der Waals surface area contributed by atoms with Gasteiger partial charge in [0.1, 0.15) is 5.82 Å². The van der Waals surface area contributed by atoms with Crippen molar-refractivity contribution in [2.24, 2.45) is 0 Å².